The van der Waals surface area contributed by atoms with Crippen molar-refractivity contribution in [3.05, 3.63) is 118 Å². The first-order valence-electron chi connectivity index (χ1n) is 14.2. The van der Waals surface area contributed by atoms with Crippen LogP contribution in [0.3, 0.4) is 0 Å². The number of amides is 3. The topological polar surface area (TPSA) is 163 Å². The molecule has 0 saturated carbocycles. The van der Waals surface area contributed by atoms with Gasteiger partial charge in [0.1, 0.15) is 24.0 Å². The van der Waals surface area contributed by atoms with Gasteiger partial charge in [0.05, 0.1) is 0 Å². The summed E-state index contributed by atoms with van der Waals surface area (Å²) in [6.07, 6.45) is 1.90. The normalized spacial score (nSPS) is 21.4. The fourth-order valence-electron chi connectivity index (χ4n) is 5.81. The Morgan fingerprint density at radius 2 is 1.63 bits per heavy atom. The van der Waals surface area contributed by atoms with Gasteiger partial charge in [-0.05, 0) is 54.3 Å². The molecule has 0 radical (unpaired) electrons. The third-order valence-corrected chi connectivity index (χ3v) is 8.04. The van der Waals surface area contributed by atoms with Crippen LogP contribution in [0.1, 0.15) is 47.9 Å². The van der Waals surface area contributed by atoms with E-state index in [1.807, 2.05) is 60.7 Å². The highest BCUT2D eigenvalue weighted by molar-refractivity contribution is 6.02. The molecular weight excluding hydrogens is 546 g/mol. The smallest absolute Gasteiger partial charge is 0.435 e. The van der Waals surface area contributed by atoms with E-state index in [0.29, 0.717) is 24.8 Å². The number of aliphatic imine (C=N–C) groups is 1. The zero-order chi connectivity index (χ0) is 30.2. The minimum Gasteiger partial charge on any atom is -0.443 e. The highest BCUT2D eigenvalue weighted by Crippen LogP contribution is 2.40. The average molecular weight is 580 g/mol. The van der Waals surface area contributed by atoms with Crippen LogP contribution >= 0.6 is 0 Å². The van der Waals surface area contributed by atoms with Crippen molar-refractivity contribution in [3.63, 3.8) is 0 Å². The summed E-state index contributed by atoms with van der Waals surface area (Å²) in [5, 5.41) is 6.96. The lowest BCUT2D eigenvalue weighted by Crippen LogP contribution is -2.60. The van der Waals surface area contributed by atoms with Crippen molar-refractivity contribution in [1.82, 2.24) is 10.2 Å². The van der Waals surface area contributed by atoms with Crippen LogP contribution in [-0.4, -0.2) is 46.3 Å². The molecule has 2 aliphatic heterocycles. The molecular formula is C32H33N7O4. The van der Waals surface area contributed by atoms with E-state index >= 15 is 0 Å². The molecule has 2 fully saturated rings. The number of rotatable bonds is 9. The lowest BCUT2D eigenvalue weighted by atomic mass is 9.81. The predicted octanol–water partition coefficient (Wildman–Crippen LogP) is 4.79. The third kappa shape index (κ3) is 6.85. The first-order chi connectivity index (χ1) is 20.9. The Morgan fingerprint density at radius 1 is 0.953 bits per heavy atom. The van der Waals surface area contributed by atoms with Crippen LogP contribution in [0.4, 0.5) is 4.79 Å². The number of amidine groups is 1. The van der Waals surface area contributed by atoms with Gasteiger partial charge in [-0.25, -0.2) is 4.79 Å². The van der Waals surface area contributed by atoms with E-state index in [1.165, 1.54) is 0 Å². The molecule has 3 aromatic carbocycles. The number of azide groups is 1. The Morgan fingerprint density at radius 3 is 2.30 bits per heavy atom. The second-order valence-corrected chi connectivity index (χ2v) is 10.8. The highest BCUT2D eigenvalue weighted by atomic mass is 16.5. The van der Waals surface area contributed by atoms with Gasteiger partial charge in [0, 0.05) is 23.1 Å². The van der Waals surface area contributed by atoms with E-state index in [-0.39, 0.29) is 43.3 Å². The molecule has 0 aromatic heterocycles. The minimum atomic E-state index is -1.25. The van der Waals surface area contributed by atoms with Crippen LogP contribution in [0, 0.1) is 0 Å². The van der Waals surface area contributed by atoms with E-state index in [4.69, 9.17) is 10.5 Å². The van der Waals surface area contributed by atoms with Gasteiger partial charge in [-0.1, -0.05) is 90.0 Å². The molecule has 5 rings (SSSR count). The van der Waals surface area contributed by atoms with Crippen LogP contribution in [0.15, 0.2) is 95.0 Å². The van der Waals surface area contributed by atoms with Gasteiger partial charge >= 0.3 is 6.09 Å². The first-order valence-corrected chi connectivity index (χ1v) is 14.2. The van der Waals surface area contributed by atoms with Crippen molar-refractivity contribution in [1.29, 1.82) is 0 Å². The Hall–Kier alpha value is -5.15. The van der Waals surface area contributed by atoms with Crippen molar-refractivity contribution >= 4 is 23.7 Å². The van der Waals surface area contributed by atoms with Crippen molar-refractivity contribution in [3.8, 4) is 0 Å². The number of carbonyl (C=O) groups is 3. The van der Waals surface area contributed by atoms with Gasteiger partial charge in [0.2, 0.25) is 11.8 Å². The molecule has 2 heterocycles. The van der Waals surface area contributed by atoms with Gasteiger partial charge in [0.25, 0.3) is 0 Å². The fraction of sp³-hybridized carbons (Fsp3) is 0.312. The Kier molecular flexibility index (Phi) is 9.02. The third-order valence-electron chi connectivity index (χ3n) is 8.04. The number of hydrogen-bond acceptors (Lipinski definition) is 5. The number of nitrogens with one attached hydrogen (secondary N) is 1. The van der Waals surface area contributed by atoms with Gasteiger partial charge in [-0.3, -0.25) is 9.59 Å². The van der Waals surface area contributed by atoms with Crippen LogP contribution in [0.5, 0.6) is 0 Å². The van der Waals surface area contributed by atoms with E-state index in [1.54, 1.807) is 29.2 Å². The molecule has 11 heteroatoms. The molecule has 2 saturated heterocycles. The monoisotopic (exact) mass is 579 g/mol. The van der Waals surface area contributed by atoms with E-state index in [0.717, 1.165) is 23.1 Å². The summed E-state index contributed by atoms with van der Waals surface area (Å²) in [4.78, 5) is 47.7. The number of hydrogen-bond donors (Lipinski definition) is 2. The number of fused-ring (bicyclic) bond motifs is 1. The van der Waals surface area contributed by atoms with Crippen molar-refractivity contribution in [2.24, 2.45) is 15.8 Å². The molecule has 3 atom stereocenters. The maximum Gasteiger partial charge on any atom is 0.435 e. The summed E-state index contributed by atoms with van der Waals surface area (Å²) in [6, 6.07) is 25.0. The zero-order valence-corrected chi connectivity index (χ0v) is 23.6. The first kappa shape index (κ1) is 29.3. The molecule has 43 heavy (non-hydrogen) atoms. The molecule has 3 N–H and O–H groups in total. The largest absolute Gasteiger partial charge is 0.443 e. The molecule has 11 nitrogen and oxygen atoms in total. The number of nitrogens with zero attached hydrogens (tertiary/aromatic N) is 5. The number of carbonyl (C=O) groups excluding carboxylic acids is 3. The maximum atomic E-state index is 13.8. The molecule has 220 valence electrons. The van der Waals surface area contributed by atoms with Crippen molar-refractivity contribution < 1.29 is 19.1 Å². The quantitative estimate of drug-likeness (QED) is 0.122. The number of benzene rings is 3. The van der Waals surface area contributed by atoms with E-state index in [9.17, 15) is 19.9 Å². The fourth-order valence-corrected chi connectivity index (χ4v) is 5.81. The van der Waals surface area contributed by atoms with Crippen LogP contribution < -0.4 is 11.1 Å². The van der Waals surface area contributed by atoms with Crippen molar-refractivity contribution in [2.75, 3.05) is 0 Å². The minimum absolute atomic E-state index is 0.0215. The van der Waals surface area contributed by atoms with Gasteiger partial charge in [-0.15, -0.1) is 0 Å². The Bertz CT molecular complexity index is 1540. The molecule has 0 unspecified atom stereocenters. The molecule has 2 aliphatic rings. The molecule has 3 amide bonds. The lowest BCUT2D eigenvalue weighted by Gasteiger charge is -2.42. The summed E-state index contributed by atoms with van der Waals surface area (Å²) >= 11 is 0. The van der Waals surface area contributed by atoms with E-state index in [2.05, 4.69) is 20.3 Å². The summed E-state index contributed by atoms with van der Waals surface area (Å²) in [5.41, 5.74) is 17.2. The standard InChI is InChI=1S/C32H33N7O4/c33-28(36-31(42)43-21-24-9-5-2-6-10-24)25-13-11-23(12-14-25)20-35-29(40)27-16-15-26-17-18-32(37-38-34,30(41)39(26)27)19-22-7-3-1-4-8-22/h1-14,26-27H,15-21H2,(H,35,40)(H2,33,36,42)/t26-,27-,32+/m0/s1. The van der Waals surface area contributed by atoms with Crippen LogP contribution in [0.2, 0.25) is 0 Å². The van der Waals surface area contributed by atoms with Crippen LogP contribution in [-0.2, 0) is 33.9 Å². The Balaban J connectivity index is 1.18. The number of nitrogens with two attached hydrogens (primary N) is 1. The lowest BCUT2D eigenvalue weighted by molar-refractivity contribution is -0.148. The molecule has 0 aliphatic carbocycles. The molecule has 3 aromatic rings. The zero-order valence-electron chi connectivity index (χ0n) is 23.6. The van der Waals surface area contributed by atoms with Gasteiger partial charge in [-0.2, -0.15) is 4.99 Å². The summed E-state index contributed by atoms with van der Waals surface area (Å²) in [5.74, 6) is -0.517. The van der Waals surface area contributed by atoms with Gasteiger partial charge < -0.3 is 20.7 Å². The molecule has 0 bridgehead atoms. The summed E-state index contributed by atoms with van der Waals surface area (Å²) < 4.78 is 5.15. The maximum absolute atomic E-state index is 13.8. The summed E-state index contributed by atoms with van der Waals surface area (Å²) in [6.45, 7) is 0.337. The second-order valence-electron chi connectivity index (χ2n) is 10.8. The van der Waals surface area contributed by atoms with Crippen LogP contribution in [0.25, 0.3) is 10.4 Å². The SMILES string of the molecule is [N-]=[N+]=N[C@@]1(Cc2ccccc2)CC[C@@H]2CC[C@@H](C(=O)NCc3ccc(/C(N)=N\C(=O)OCc4ccccc4)cc3)N2C1=O. The Labute approximate surface area is 249 Å². The number of piperidine rings is 1. The van der Waals surface area contributed by atoms with Crippen molar-refractivity contribution in [2.45, 2.75) is 62.9 Å². The number of ether oxygens (including phenoxy) is 1. The summed E-state index contributed by atoms with van der Waals surface area (Å²) in [7, 11) is 0. The van der Waals surface area contributed by atoms with Gasteiger partial charge in [0.15, 0.2) is 0 Å². The highest BCUT2D eigenvalue weighted by Gasteiger charge is 2.52. The molecule has 0 spiro atoms. The predicted molar refractivity (Wildman–Crippen MR) is 161 cm³/mol. The average Bonchev–Trinajstić information content (AvgIpc) is 3.47. The second kappa shape index (κ2) is 13.2. The van der Waals surface area contributed by atoms with E-state index < -0.39 is 17.7 Å².